The molecule has 0 unspecified atom stereocenters. The zero-order valence-electron chi connectivity index (χ0n) is 14.9. The molecule has 0 spiro atoms. The monoisotopic (exact) mass is 391 g/mol. The highest BCUT2D eigenvalue weighted by Gasteiger charge is 2.11. The number of nitrogens with one attached hydrogen (secondary N) is 1. The van der Waals surface area contributed by atoms with Gasteiger partial charge in [0.15, 0.2) is 0 Å². The van der Waals surface area contributed by atoms with E-state index < -0.39 is 0 Å². The molecule has 3 aromatic rings. The summed E-state index contributed by atoms with van der Waals surface area (Å²) in [7, 11) is 0. The number of rotatable bonds is 8. The third-order valence-corrected chi connectivity index (χ3v) is 6.00. The molecule has 4 heteroatoms. The topological polar surface area (TPSA) is 29.1 Å². The summed E-state index contributed by atoms with van der Waals surface area (Å²) in [6.45, 7) is 3.74. The summed E-state index contributed by atoms with van der Waals surface area (Å²) in [5.41, 5.74) is 2.72. The van der Waals surface area contributed by atoms with Crippen molar-refractivity contribution >= 4 is 35.1 Å². The van der Waals surface area contributed by atoms with Gasteiger partial charge in [-0.1, -0.05) is 48.5 Å². The fourth-order valence-corrected chi connectivity index (χ4v) is 4.16. The molecule has 0 heterocycles. The van der Waals surface area contributed by atoms with Gasteiger partial charge in [0.2, 0.25) is 0 Å². The molecule has 0 aromatic heterocycles. The third kappa shape index (κ3) is 5.78. The Morgan fingerprint density at radius 2 is 1.59 bits per heavy atom. The molecule has 0 saturated carbocycles. The van der Waals surface area contributed by atoms with Gasteiger partial charge in [-0.3, -0.25) is 4.79 Å². The first-order valence-electron chi connectivity index (χ1n) is 8.67. The molecule has 0 aliphatic rings. The molecular formula is C23H21NOS2. The molecule has 1 amide bonds. The van der Waals surface area contributed by atoms with Crippen LogP contribution >= 0.6 is 23.5 Å². The van der Waals surface area contributed by atoms with E-state index in [0.29, 0.717) is 5.56 Å². The van der Waals surface area contributed by atoms with Crippen LogP contribution in [-0.4, -0.2) is 11.7 Å². The summed E-state index contributed by atoms with van der Waals surface area (Å²) in [5, 5.41) is 2.99. The van der Waals surface area contributed by atoms with Crippen LogP contribution in [0.2, 0.25) is 0 Å². The Morgan fingerprint density at radius 3 is 2.33 bits per heavy atom. The maximum absolute atomic E-state index is 12.6. The first-order valence-corrected chi connectivity index (χ1v) is 10.6. The molecule has 0 aliphatic carbocycles. The smallest absolute Gasteiger partial charge is 0.256 e. The fraction of sp³-hybridized carbons (Fsp3) is 0.0870. The maximum atomic E-state index is 12.6. The highest BCUT2D eigenvalue weighted by atomic mass is 32.2. The molecule has 0 atom stereocenters. The second kappa shape index (κ2) is 10.0. The lowest BCUT2D eigenvalue weighted by atomic mass is 10.2. The van der Waals surface area contributed by atoms with Gasteiger partial charge in [-0.25, -0.2) is 0 Å². The van der Waals surface area contributed by atoms with E-state index >= 15 is 0 Å². The first kappa shape index (κ1) is 19.3. The molecule has 0 fully saturated rings. The largest absolute Gasteiger partial charge is 0.322 e. The summed E-state index contributed by atoms with van der Waals surface area (Å²) >= 11 is 3.41. The van der Waals surface area contributed by atoms with E-state index in [1.165, 1.54) is 10.5 Å². The Morgan fingerprint density at radius 1 is 0.889 bits per heavy atom. The average Bonchev–Trinajstić information content (AvgIpc) is 2.72. The summed E-state index contributed by atoms with van der Waals surface area (Å²) < 4.78 is 0. The summed E-state index contributed by atoms with van der Waals surface area (Å²) in [6.07, 6.45) is 1.84. The number of hydrogen-bond acceptors (Lipinski definition) is 3. The summed E-state index contributed by atoms with van der Waals surface area (Å²) in [5.74, 6) is 1.59. The van der Waals surface area contributed by atoms with E-state index in [4.69, 9.17) is 0 Å². The number of hydrogen-bond donors (Lipinski definition) is 1. The molecule has 1 N–H and O–H groups in total. The van der Waals surface area contributed by atoms with Crippen molar-refractivity contribution in [2.45, 2.75) is 15.5 Å². The third-order valence-electron chi connectivity index (χ3n) is 3.85. The Bertz CT molecular complexity index is 892. The van der Waals surface area contributed by atoms with E-state index in [-0.39, 0.29) is 5.91 Å². The molecule has 0 radical (unpaired) electrons. The van der Waals surface area contributed by atoms with Gasteiger partial charge in [0.05, 0.1) is 5.56 Å². The number of benzene rings is 3. The van der Waals surface area contributed by atoms with Gasteiger partial charge in [-0.2, -0.15) is 0 Å². The Labute approximate surface area is 169 Å². The highest BCUT2D eigenvalue weighted by molar-refractivity contribution is 7.99. The van der Waals surface area contributed by atoms with Crippen LogP contribution in [0.15, 0.2) is 101 Å². The van der Waals surface area contributed by atoms with Gasteiger partial charge in [0.1, 0.15) is 0 Å². The minimum absolute atomic E-state index is 0.0893. The zero-order chi connectivity index (χ0) is 18.9. The Kier molecular flexibility index (Phi) is 7.19. The van der Waals surface area contributed by atoms with Crippen molar-refractivity contribution in [3.8, 4) is 0 Å². The molecule has 0 saturated heterocycles. The molecule has 27 heavy (non-hydrogen) atoms. The van der Waals surface area contributed by atoms with Crippen LogP contribution in [0, 0.1) is 0 Å². The van der Waals surface area contributed by atoms with Crippen molar-refractivity contribution in [1.29, 1.82) is 0 Å². The molecular weight excluding hydrogens is 370 g/mol. The van der Waals surface area contributed by atoms with Crippen LogP contribution in [0.5, 0.6) is 0 Å². The van der Waals surface area contributed by atoms with Gasteiger partial charge in [0.25, 0.3) is 5.91 Å². The van der Waals surface area contributed by atoms with E-state index in [0.717, 1.165) is 22.1 Å². The van der Waals surface area contributed by atoms with Crippen LogP contribution in [0.3, 0.4) is 0 Å². The van der Waals surface area contributed by atoms with Crippen molar-refractivity contribution < 1.29 is 4.79 Å². The molecule has 0 bridgehead atoms. The minimum atomic E-state index is -0.0893. The quantitative estimate of drug-likeness (QED) is 0.350. The van der Waals surface area contributed by atoms with E-state index in [1.54, 1.807) is 23.5 Å². The second-order valence-corrected chi connectivity index (χ2v) is 7.96. The maximum Gasteiger partial charge on any atom is 0.256 e. The van der Waals surface area contributed by atoms with Crippen molar-refractivity contribution in [1.82, 2.24) is 0 Å². The van der Waals surface area contributed by atoms with E-state index in [9.17, 15) is 4.79 Å². The van der Waals surface area contributed by atoms with Crippen molar-refractivity contribution in [3.63, 3.8) is 0 Å². The van der Waals surface area contributed by atoms with Crippen LogP contribution in [-0.2, 0) is 5.75 Å². The SMILES string of the molecule is C=CCSc1ccccc1C(=O)Nc1ccc(CSc2ccccc2)cc1. The Balaban J connectivity index is 1.61. The minimum Gasteiger partial charge on any atom is -0.322 e. The number of carbonyl (C=O) groups excluding carboxylic acids is 1. The molecule has 3 rings (SSSR count). The average molecular weight is 392 g/mol. The molecule has 0 aliphatic heterocycles. The number of amides is 1. The molecule has 3 aromatic carbocycles. The summed E-state index contributed by atoms with van der Waals surface area (Å²) in [4.78, 5) is 14.9. The highest BCUT2D eigenvalue weighted by Crippen LogP contribution is 2.25. The van der Waals surface area contributed by atoms with Crippen molar-refractivity contribution in [3.05, 3.63) is 103 Å². The Hall–Kier alpha value is -2.43. The molecule has 2 nitrogen and oxygen atoms in total. The van der Waals surface area contributed by atoms with Crippen molar-refractivity contribution in [2.75, 3.05) is 11.1 Å². The lowest BCUT2D eigenvalue weighted by Gasteiger charge is -2.10. The number of thioether (sulfide) groups is 2. The zero-order valence-corrected chi connectivity index (χ0v) is 16.6. The number of carbonyl (C=O) groups is 1. The second-order valence-electron chi connectivity index (χ2n) is 5.85. The lowest BCUT2D eigenvalue weighted by Crippen LogP contribution is -2.13. The predicted molar refractivity (Wildman–Crippen MR) is 118 cm³/mol. The first-order chi connectivity index (χ1) is 13.3. The van der Waals surface area contributed by atoms with Crippen molar-refractivity contribution in [2.24, 2.45) is 0 Å². The standard InChI is InChI=1S/C23H21NOS2/c1-2-16-26-22-11-7-6-10-21(22)23(25)24-19-14-12-18(13-15-19)17-27-20-8-4-3-5-9-20/h2-15H,1,16-17H2,(H,24,25). The lowest BCUT2D eigenvalue weighted by molar-refractivity contribution is 0.102. The summed E-state index contributed by atoms with van der Waals surface area (Å²) in [6, 6.07) is 26.0. The molecule has 136 valence electrons. The van der Waals surface area contributed by atoms with Crippen LogP contribution < -0.4 is 5.32 Å². The number of anilines is 1. The predicted octanol–water partition coefficient (Wildman–Crippen LogP) is 6.51. The fourth-order valence-electron chi connectivity index (χ4n) is 2.49. The van der Waals surface area contributed by atoms with Gasteiger partial charge < -0.3 is 5.32 Å². The van der Waals surface area contributed by atoms with Gasteiger partial charge in [-0.05, 0) is 42.0 Å². The van der Waals surface area contributed by atoms with Gasteiger partial charge in [-0.15, -0.1) is 30.1 Å². The normalized spacial score (nSPS) is 10.4. The van der Waals surface area contributed by atoms with Gasteiger partial charge in [0, 0.05) is 27.0 Å². The van der Waals surface area contributed by atoms with Gasteiger partial charge >= 0.3 is 0 Å². The van der Waals surface area contributed by atoms with Crippen LogP contribution in [0.25, 0.3) is 0 Å². The van der Waals surface area contributed by atoms with E-state index in [1.807, 2.05) is 60.7 Å². The van der Waals surface area contributed by atoms with Crippen LogP contribution in [0.4, 0.5) is 5.69 Å². The van der Waals surface area contributed by atoms with Crippen LogP contribution in [0.1, 0.15) is 15.9 Å². The van der Waals surface area contributed by atoms with E-state index in [2.05, 4.69) is 36.2 Å².